The van der Waals surface area contributed by atoms with Gasteiger partial charge in [0.2, 0.25) is 0 Å². The smallest absolute Gasteiger partial charge is 0.137 e. The molecule has 0 saturated heterocycles. The van der Waals surface area contributed by atoms with Gasteiger partial charge in [-0.25, -0.2) is 0 Å². The molecule has 2 heteroatoms. The molecule has 0 N–H and O–H groups in total. The summed E-state index contributed by atoms with van der Waals surface area (Å²) in [5.41, 5.74) is 16.7. The highest BCUT2D eigenvalue weighted by atomic mass is 16.3. The summed E-state index contributed by atoms with van der Waals surface area (Å²) in [5, 5.41) is 4.68. The second kappa shape index (κ2) is 15.1. The first kappa shape index (κ1) is 35.2. The van der Waals surface area contributed by atoms with Crippen LogP contribution in [0.5, 0.6) is 0 Å². The Balaban J connectivity index is 1.05. The lowest BCUT2D eigenvalue weighted by molar-refractivity contribution is 0.669. The van der Waals surface area contributed by atoms with E-state index in [2.05, 4.69) is 235 Å². The molecule has 0 unspecified atom stereocenters. The number of anilines is 3. The summed E-state index contributed by atoms with van der Waals surface area (Å²) in [4.78, 5) is 2.41. The second-order valence-corrected chi connectivity index (χ2v) is 15.2. The molecule has 0 bridgehead atoms. The monoisotopic (exact) mass is 765 g/mol. The number of para-hydroxylation sites is 2. The fraction of sp³-hybridized carbons (Fsp3) is 0. The summed E-state index contributed by atoms with van der Waals surface area (Å²) >= 11 is 0. The van der Waals surface area contributed by atoms with E-state index in [1.807, 2.05) is 6.07 Å². The molecule has 282 valence electrons. The molecule has 1 aromatic heterocycles. The van der Waals surface area contributed by atoms with Crippen LogP contribution >= 0.6 is 0 Å². The van der Waals surface area contributed by atoms with Crippen LogP contribution in [-0.2, 0) is 0 Å². The van der Waals surface area contributed by atoms with Gasteiger partial charge in [0.15, 0.2) is 0 Å². The topological polar surface area (TPSA) is 16.4 Å². The van der Waals surface area contributed by atoms with Gasteiger partial charge in [0.05, 0.1) is 16.8 Å². The molecule has 11 aromatic rings. The Bertz CT molecular complexity index is 3310. The van der Waals surface area contributed by atoms with E-state index in [-0.39, 0.29) is 0 Å². The van der Waals surface area contributed by atoms with Gasteiger partial charge in [0.25, 0.3) is 0 Å². The summed E-state index contributed by atoms with van der Waals surface area (Å²) in [5.74, 6) is 0. The molecular formula is C58H39NO. The minimum absolute atomic E-state index is 0.858. The Morgan fingerprint density at radius 3 is 1.53 bits per heavy atom. The minimum Gasteiger partial charge on any atom is -0.456 e. The van der Waals surface area contributed by atoms with E-state index < -0.39 is 0 Å². The molecule has 10 aromatic carbocycles. The normalized spacial score (nSPS) is 11.3. The molecule has 0 aliphatic heterocycles. The molecular weight excluding hydrogens is 727 g/mol. The molecule has 0 aliphatic carbocycles. The van der Waals surface area contributed by atoms with Crippen molar-refractivity contribution in [2.24, 2.45) is 0 Å². The van der Waals surface area contributed by atoms with Crippen LogP contribution in [0, 0.1) is 0 Å². The standard InChI is InChI=1S/C58H39NO/c1-2-16-44(17-3-1)48-19-6-7-20-49(48)50-21-8-9-22-51(50)52-23-10-12-25-54(52)59(55-26-14-28-57-58(55)53-24-11-13-27-56(53)60-57)47-37-35-42(36-38-47)41-29-31-43(32-30-41)46-34-33-40-15-4-5-18-45(40)39-46/h1-39H. The lowest BCUT2D eigenvalue weighted by Gasteiger charge is -2.29. The maximum atomic E-state index is 6.47. The first-order valence-corrected chi connectivity index (χ1v) is 20.5. The van der Waals surface area contributed by atoms with Crippen molar-refractivity contribution in [3.8, 4) is 55.6 Å². The number of hydrogen-bond donors (Lipinski definition) is 0. The first-order valence-electron chi connectivity index (χ1n) is 20.5. The van der Waals surface area contributed by atoms with Crippen LogP contribution in [0.2, 0.25) is 0 Å². The molecule has 11 rings (SSSR count). The second-order valence-electron chi connectivity index (χ2n) is 15.2. The molecule has 1 heterocycles. The Kier molecular flexibility index (Phi) is 8.87. The largest absolute Gasteiger partial charge is 0.456 e. The van der Waals surface area contributed by atoms with Crippen LogP contribution in [0.25, 0.3) is 88.3 Å². The zero-order chi connectivity index (χ0) is 39.8. The van der Waals surface area contributed by atoms with E-state index in [0.717, 1.165) is 55.7 Å². The molecule has 2 nitrogen and oxygen atoms in total. The maximum absolute atomic E-state index is 6.47. The fourth-order valence-corrected chi connectivity index (χ4v) is 8.81. The number of fused-ring (bicyclic) bond motifs is 4. The van der Waals surface area contributed by atoms with E-state index in [0.29, 0.717) is 0 Å². The highest BCUT2D eigenvalue weighted by Crippen LogP contribution is 2.48. The Labute approximate surface area is 349 Å². The van der Waals surface area contributed by atoms with E-state index in [4.69, 9.17) is 4.42 Å². The number of benzene rings is 10. The predicted octanol–water partition coefficient (Wildman–Crippen LogP) is 16.5. The summed E-state index contributed by atoms with van der Waals surface area (Å²) < 4.78 is 6.47. The Morgan fingerprint density at radius 1 is 0.283 bits per heavy atom. The third-order valence-electron chi connectivity index (χ3n) is 11.7. The molecule has 0 radical (unpaired) electrons. The average molecular weight is 766 g/mol. The highest BCUT2D eigenvalue weighted by molar-refractivity contribution is 6.14. The van der Waals surface area contributed by atoms with Crippen molar-refractivity contribution in [1.82, 2.24) is 0 Å². The Morgan fingerprint density at radius 2 is 0.783 bits per heavy atom. The summed E-state index contributed by atoms with van der Waals surface area (Å²) in [6, 6.07) is 84.9. The van der Waals surface area contributed by atoms with Gasteiger partial charge in [-0.05, 0) is 103 Å². The van der Waals surface area contributed by atoms with Gasteiger partial charge in [-0.15, -0.1) is 0 Å². The predicted molar refractivity (Wildman–Crippen MR) is 253 cm³/mol. The lowest BCUT2D eigenvalue weighted by atomic mass is 9.88. The molecule has 0 fully saturated rings. The van der Waals surface area contributed by atoms with Crippen molar-refractivity contribution in [2.45, 2.75) is 0 Å². The van der Waals surface area contributed by atoms with Crippen molar-refractivity contribution >= 4 is 49.8 Å². The average Bonchev–Trinajstić information content (AvgIpc) is 3.72. The van der Waals surface area contributed by atoms with Crippen molar-refractivity contribution in [2.75, 3.05) is 4.90 Å². The molecule has 0 atom stereocenters. The zero-order valence-corrected chi connectivity index (χ0v) is 32.9. The van der Waals surface area contributed by atoms with Gasteiger partial charge >= 0.3 is 0 Å². The number of furan rings is 1. The van der Waals surface area contributed by atoms with Crippen molar-refractivity contribution < 1.29 is 4.42 Å². The minimum atomic E-state index is 0.858. The van der Waals surface area contributed by atoms with Crippen LogP contribution in [0.3, 0.4) is 0 Å². The van der Waals surface area contributed by atoms with Crippen LogP contribution in [0.15, 0.2) is 241 Å². The van der Waals surface area contributed by atoms with Crippen molar-refractivity contribution in [1.29, 1.82) is 0 Å². The van der Waals surface area contributed by atoms with E-state index in [1.165, 1.54) is 49.7 Å². The van der Waals surface area contributed by atoms with Gasteiger partial charge in [-0.3, -0.25) is 0 Å². The van der Waals surface area contributed by atoms with Crippen molar-refractivity contribution in [3.05, 3.63) is 237 Å². The molecule has 0 spiro atoms. The SMILES string of the molecule is c1ccc(-c2ccccc2-c2ccccc2-c2ccccc2N(c2ccc(-c3ccc(-c4ccc5ccccc5c4)cc3)cc2)c2cccc3oc4ccccc4c23)cc1. The third-order valence-corrected chi connectivity index (χ3v) is 11.7. The molecule has 60 heavy (non-hydrogen) atoms. The summed E-state index contributed by atoms with van der Waals surface area (Å²) in [7, 11) is 0. The zero-order valence-electron chi connectivity index (χ0n) is 32.9. The first-order chi connectivity index (χ1) is 29.8. The molecule has 0 amide bonds. The number of rotatable bonds is 8. The van der Waals surface area contributed by atoms with Crippen molar-refractivity contribution in [3.63, 3.8) is 0 Å². The van der Waals surface area contributed by atoms with E-state index >= 15 is 0 Å². The third kappa shape index (κ3) is 6.32. The highest BCUT2D eigenvalue weighted by Gasteiger charge is 2.23. The molecule has 0 saturated carbocycles. The summed E-state index contributed by atoms with van der Waals surface area (Å²) in [6.07, 6.45) is 0. The van der Waals surface area contributed by atoms with Crippen LogP contribution in [0.4, 0.5) is 17.1 Å². The van der Waals surface area contributed by atoms with Crippen LogP contribution < -0.4 is 4.90 Å². The van der Waals surface area contributed by atoms with Gasteiger partial charge in [-0.1, -0.05) is 194 Å². The Hall–Kier alpha value is -7.94. The van der Waals surface area contributed by atoms with Gasteiger partial charge in [0.1, 0.15) is 11.2 Å². The van der Waals surface area contributed by atoms with E-state index in [9.17, 15) is 0 Å². The van der Waals surface area contributed by atoms with Gasteiger partial charge in [0, 0.05) is 16.6 Å². The van der Waals surface area contributed by atoms with Crippen LogP contribution in [0.1, 0.15) is 0 Å². The lowest BCUT2D eigenvalue weighted by Crippen LogP contribution is -2.11. The quantitative estimate of drug-likeness (QED) is 0.153. The number of hydrogen-bond acceptors (Lipinski definition) is 2. The van der Waals surface area contributed by atoms with Gasteiger partial charge in [-0.2, -0.15) is 0 Å². The number of nitrogens with zero attached hydrogens (tertiary/aromatic N) is 1. The van der Waals surface area contributed by atoms with E-state index in [1.54, 1.807) is 0 Å². The molecule has 0 aliphatic rings. The van der Waals surface area contributed by atoms with Crippen LogP contribution in [-0.4, -0.2) is 0 Å². The summed E-state index contributed by atoms with van der Waals surface area (Å²) in [6.45, 7) is 0. The maximum Gasteiger partial charge on any atom is 0.137 e. The van der Waals surface area contributed by atoms with Gasteiger partial charge < -0.3 is 9.32 Å². The fourth-order valence-electron chi connectivity index (χ4n) is 8.81.